The van der Waals surface area contributed by atoms with Crippen LogP contribution in [0.3, 0.4) is 0 Å². The molecule has 0 fully saturated rings. The zero-order valence-electron chi connectivity index (χ0n) is 6.34. The lowest BCUT2D eigenvalue weighted by Crippen LogP contribution is -1.79. The topological polar surface area (TPSA) is 63.3 Å². The molecule has 0 spiro atoms. The SMILES string of the molecule is O=S(O)c1ccc(-c2cnco2)s1. The van der Waals surface area contributed by atoms with Gasteiger partial charge in [0.05, 0.1) is 11.1 Å². The zero-order chi connectivity index (χ0) is 9.26. The fourth-order valence-corrected chi connectivity index (χ4v) is 2.31. The van der Waals surface area contributed by atoms with Gasteiger partial charge in [-0.3, -0.25) is 0 Å². The van der Waals surface area contributed by atoms with E-state index in [1.807, 2.05) is 0 Å². The second-order valence-corrected chi connectivity index (χ2v) is 4.51. The van der Waals surface area contributed by atoms with Crippen LogP contribution in [0.1, 0.15) is 0 Å². The monoisotopic (exact) mass is 215 g/mol. The lowest BCUT2D eigenvalue weighted by atomic mass is 10.4. The summed E-state index contributed by atoms with van der Waals surface area (Å²) in [5.74, 6) is 0.613. The Kier molecular flexibility index (Phi) is 2.26. The molecule has 0 aromatic carbocycles. The molecular formula is C7H5NO3S2. The van der Waals surface area contributed by atoms with Crippen LogP contribution in [0.15, 0.2) is 33.3 Å². The molecule has 0 aliphatic carbocycles. The van der Waals surface area contributed by atoms with Gasteiger partial charge in [-0.25, -0.2) is 9.19 Å². The van der Waals surface area contributed by atoms with E-state index in [4.69, 9.17) is 8.97 Å². The summed E-state index contributed by atoms with van der Waals surface area (Å²) in [6, 6.07) is 3.33. The van der Waals surface area contributed by atoms with Crippen molar-refractivity contribution in [3.8, 4) is 10.6 Å². The zero-order valence-corrected chi connectivity index (χ0v) is 7.97. The summed E-state index contributed by atoms with van der Waals surface area (Å²) in [5.41, 5.74) is 0. The summed E-state index contributed by atoms with van der Waals surface area (Å²) in [6.07, 6.45) is 2.89. The number of rotatable bonds is 2. The Morgan fingerprint density at radius 2 is 2.38 bits per heavy atom. The maximum atomic E-state index is 10.7. The van der Waals surface area contributed by atoms with E-state index in [2.05, 4.69) is 4.98 Å². The van der Waals surface area contributed by atoms with Crippen LogP contribution in [0, 0.1) is 0 Å². The Hall–Kier alpha value is -0.980. The fraction of sp³-hybridized carbons (Fsp3) is 0. The van der Waals surface area contributed by atoms with Gasteiger partial charge in [0.25, 0.3) is 0 Å². The normalized spacial score (nSPS) is 13.0. The van der Waals surface area contributed by atoms with Crippen LogP contribution >= 0.6 is 11.3 Å². The van der Waals surface area contributed by atoms with E-state index < -0.39 is 11.1 Å². The molecule has 0 radical (unpaired) electrons. The molecule has 0 bridgehead atoms. The summed E-state index contributed by atoms with van der Waals surface area (Å²) < 4.78 is 24.9. The third-order valence-corrected chi connectivity index (χ3v) is 3.48. The number of hydrogen-bond acceptors (Lipinski definition) is 4. The standard InChI is InChI=1S/C7H5NO3S2/c9-13(10)7-2-1-6(12-7)5-3-8-4-11-5/h1-4H,(H,9,10). The third-order valence-electron chi connectivity index (χ3n) is 1.43. The van der Waals surface area contributed by atoms with Crippen molar-refractivity contribution >= 4 is 22.4 Å². The molecule has 13 heavy (non-hydrogen) atoms. The Bertz CT molecular complexity index is 421. The van der Waals surface area contributed by atoms with E-state index >= 15 is 0 Å². The summed E-state index contributed by atoms with van der Waals surface area (Å²) >= 11 is -0.698. The van der Waals surface area contributed by atoms with Crippen LogP contribution in [0.4, 0.5) is 0 Å². The first-order chi connectivity index (χ1) is 6.27. The van der Waals surface area contributed by atoms with Crippen LogP contribution in [-0.2, 0) is 11.1 Å². The molecular weight excluding hydrogens is 210 g/mol. The highest BCUT2D eigenvalue weighted by molar-refractivity contribution is 7.81. The number of hydrogen-bond donors (Lipinski definition) is 1. The molecule has 68 valence electrons. The molecule has 4 nitrogen and oxygen atoms in total. The Labute approximate surface area is 80.5 Å². The average molecular weight is 215 g/mol. The van der Waals surface area contributed by atoms with Gasteiger partial charge in [0.1, 0.15) is 4.21 Å². The van der Waals surface area contributed by atoms with E-state index in [0.717, 1.165) is 4.88 Å². The summed E-state index contributed by atoms with van der Waals surface area (Å²) in [5, 5.41) is 0. The van der Waals surface area contributed by atoms with Crippen molar-refractivity contribution in [2.45, 2.75) is 4.21 Å². The Balaban J connectivity index is 2.39. The minimum atomic E-state index is -1.91. The van der Waals surface area contributed by atoms with Gasteiger partial charge in [-0.15, -0.1) is 11.3 Å². The highest BCUT2D eigenvalue weighted by Gasteiger charge is 2.08. The van der Waals surface area contributed by atoms with Crippen molar-refractivity contribution in [2.75, 3.05) is 0 Å². The van der Waals surface area contributed by atoms with Crippen molar-refractivity contribution in [1.29, 1.82) is 0 Å². The minimum absolute atomic E-state index is 0.409. The van der Waals surface area contributed by atoms with Crippen molar-refractivity contribution in [1.82, 2.24) is 4.98 Å². The number of nitrogens with zero attached hydrogens (tertiary/aromatic N) is 1. The molecule has 2 aromatic rings. The second-order valence-electron chi connectivity index (χ2n) is 2.23. The predicted octanol–water partition coefficient (Wildman–Crippen LogP) is 1.98. The van der Waals surface area contributed by atoms with Crippen LogP contribution < -0.4 is 0 Å². The van der Waals surface area contributed by atoms with Gasteiger partial charge in [0.15, 0.2) is 23.2 Å². The van der Waals surface area contributed by atoms with Gasteiger partial charge in [0.2, 0.25) is 0 Å². The molecule has 1 atom stereocenters. The largest absolute Gasteiger partial charge is 0.443 e. The van der Waals surface area contributed by atoms with Crippen LogP contribution in [0.2, 0.25) is 0 Å². The second kappa shape index (κ2) is 3.41. The van der Waals surface area contributed by atoms with E-state index in [-0.39, 0.29) is 0 Å². The molecule has 2 heterocycles. The van der Waals surface area contributed by atoms with Crippen LogP contribution in [0.25, 0.3) is 10.6 Å². The minimum Gasteiger partial charge on any atom is -0.443 e. The molecule has 2 rings (SSSR count). The first kappa shape index (κ1) is 8.61. The molecule has 2 aromatic heterocycles. The number of thiophene rings is 1. The maximum Gasteiger partial charge on any atom is 0.196 e. The van der Waals surface area contributed by atoms with Crippen molar-refractivity contribution in [3.63, 3.8) is 0 Å². The lowest BCUT2D eigenvalue weighted by molar-refractivity contribution is 0.566. The van der Waals surface area contributed by atoms with Gasteiger partial charge in [-0.1, -0.05) is 0 Å². The van der Waals surface area contributed by atoms with E-state index in [9.17, 15) is 4.21 Å². The number of oxazole rings is 1. The molecule has 0 aliphatic heterocycles. The van der Waals surface area contributed by atoms with E-state index in [1.54, 1.807) is 18.3 Å². The summed E-state index contributed by atoms with van der Waals surface area (Å²) in [4.78, 5) is 4.56. The highest BCUT2D eigenvalue weighted by atomic mass is 32.2. The summed E-state index contributed by atoms with van der Waals surface area (Å²) in [7, 11) is 0. The molecule has 6 heteroatoms. The van der Waals surface area contributed by atoms with E-state index in [0.29, 0.717) is 9.97 Å². The Morgan fingerprint density at radius 3 is 2.92 bits per heavy atom. The van der Waals surface area contributed by atoms with Crippen LogP contribution in [-0.4, -0.2) is 13.7 Å². The number of aromatic nitrogens is 1. The molecule has 0 saturated heterocycles. The smallest absolute Gasteiger partial charge is 0.196 e. The quantitative estimate of drug-likeness (QED) is 0.778. The first-order valence-electron chi connectivity index (χ1n) is 3.37. The fourth-order valence-electron chi connectivity index (χ4n) is 0.884. The maximum absolute atomic E-state index is 10.7. The Morgan fingerprint density at radius 1 is 1.54 bits per heavy atom. The predicted molar refractivity (Wildman–Crippen MR) is 48.9 cm³/mol. The van der Waals surface area contributed by atoms with Gasteiger partial charge in [0, 0.05) is 0 Å². The average Bonchev–Trinajstić information content (AvgIpc) is 2.75. The lowest BCUT2D eigenvalue weighted by Gasteiger charge is -1.86. The van der Waals surface area contributed by atoms with Crippen molar-refractivity contribution in [3.05, 3.63) is 24.7 Å². The molecule has 1 N–H and O–H groups in total. The summed E-state index contributed by atoms with van der Waals surface area (Å²) in [6.45, 7) is 0. The highest BCUT2D eigenvalue weighted by Crippen LogP contribution is 2.28. The van der Waals surface area contributed by atoms with Gasteiger partial charge >= 0.3 is 0 Å². The third kappa shape index (κ3) is 1.69. The van der Waals surface area contributed by atoms with Gasteiger partial charge < -0.3 is 8.97 Å². The van der Waals surface area contributed by atoms with Crippen LogP contribution in [0.5, 0.6) is 0 Å². The van der Waals surface area contributed by atoms with Crippen molar-refractivity contribution < 1.29 is 13.2 Å². The van der Waals surface area contributed by atoms with E-state index in [1.165, 1.54) is 17.7 Å². The van der Waals surface area contributed by atoms with Crippen molar-refractivity contribution in [2.24, 2.45) is 0 Å². The molecule has 0 saturated carbocycles. The van der Waals surface area contributed by atoms with Gasteiger partial charge in [-0.2, -0.15) is 0 Å². The first-order valence-corrected chi connectivity index (χ1v) is 5.29. The molecule has 0 aliphatic rings. The van der Waals surface area contributed by atoms with Gasteiger partial charge in [-0.05, 0) is 12.1 Å². The molecule has 1 unspecified atom stereocenters. The molecule has 0 amide bonds.